The van der Waals surface area contributed by atoms with Crippen molar-refractivity contribution >= 4 is 40.7 Å². The van der Waals surface area contributed by atoms with Crippen LogP contribution in [0.1, 0.15) is 31.2 Å². The van der Waals surface area contributed by atoms with E-state index in [1.807, 2.05) is 4.90 Å². The molecular formula is C18H20Cl2N2O3. The first-order chi connectivity index (χ1) is 11.9. The third-order valence-corrected chi connectivity index (χ3v) is 6.71. The summed E-state index contributed by atoms with van der Waals surface area (Å²) < 4.78 is 0. The molecule has 2 amide bonds. The van der Waals surface area contributed by atoms with Crippen LogP contribution in [0.4, 0.5) is 5.69 Å². The lowest BCUT2D eigenvalue weighted by Crippen LogP contribution is -2.40. The van der Waals surface area contributed by atoms with E-state index in [2.05, 4.69) is 5.32 Å². The first-order valence-corrected chi connectivity index (χ1v) is 9.41. The van der Waals surface area contributed by atoms with Crippen molar-refractivity contribution in [2.45, 2.75) is 31.1 Å². The molecule has 4 rings (SSSR count). The van der Waals surface area contributed by atoms with E-state index in [9.17, 15) is 14.7 Å². The number of fused-ring (bicyclic) bond motifs is 2. The number of nitrogens with zero attached hydrogens (tertiary/aromatic N) is 1. The van der Waals surface area contributed by atoms with Crippen molar-refractivity contribution in [1.82, 2.24) is 4.90 Å². The average molecular weight is 383 g/mol. The molecule has 2 aliphatic heterocycles. The summed E-state index contributed by atoms with van der Waals surface area (Å²) in [6.07, 6.45) is 3.04. The van der Waals surface area contributed by atoms with E-state index in [1.165, 1.54) is 0 Å². The summed E-state index contributed by atoms with van der Waals surface area (Å²) in [7, 11) is 0. The van der Waals surface area contributed by atoms with Gasteiger partial charge in [0.05, 0.1) is 15.5 Å². The molecule has 7 heteroatoms. The number of likely N-dealkylation sites (tertiary alicyclic amines) is 1. The Labute approximate surface area is 156 Å². The predicted molar refractivity (Wildman–Crippen MR) is 95.9 cm³/mol. The van der Waals surface area contributed by atoms with Gasteiger partial charge in [0, 0.05) is 31.3 Å². The van der Waals surface area contributed by atoms with Gasteiger partial charge in [-0.05, 0) is 49.3 Å². The highest BCUT2D eigenvalue weighted by Gasteiger charge is 2.53. The molecule has 2 N–H and O–H groups in total. The monoisotopic (exact) mass is 382 g/mol. The van der Waals surface area contributed by atoms with Gasteiger partial charge >= 0.3 is 0 Å². The summed E-state index contributed by atoms with van der Waals surface area (Å²) in [6, 6.07) is 3.43. The number of aliphatic hydroxyl groups is 1. The molecule has 1 spiro atoms. The highest BCUT2D eigenvalue weighted by atomic mass is 35.5. The number of anilines is 1. The number of carbonyl (C=O) groups is 2. The van der Waals surface area contributed by atoms with Gasteiger partial charge in [-0.25, -0.2) is 0 Å². The molecular weight excluding hydrogens is 363 g/mol. The molecule has 1 aromatic rings. The smallest absolute Gasteiger partial charge is 0.237 e. The highest BCUT2D eigenvalue weighted by molar-refractivity contribution is 6.42. The Morgan fingerprint density at radius 3 is 2.80 bits per heavy atom. The van der Waals surface area contributed by atoms with E-state index in [4.69, 9.17) is 23.2 Å². The number of carbonyl (C=O) groups excluding carboxylic acids is 2. The number of rotatable bonds is 2. The van der Waals surface area contributed by atoms with Crippen molar-refractivity contribution in [2.24, 2.45) is 11.8 Å². The van der Waals surface area contributed by atoms with E-state index >= 15 is 0 Å². The summed E-state index contributed by atoms with van der Waals surface area (Å²) in [6.45, 7) is 1.08. The topological polar surface area (TPSA) is 69.6 Å². The van der Waals surface area contributed by atoms with E-state index in [0.717, 1.165) is 24.8 Å². The maximum atomic E-state index is 12.9. The molecule has 1 aliphatic carbocycles. The minimum absolute atomic E-state index is 0.0370. The second-order valence-corrected chi connectivity index (χ2v) is 8.23. The maximum absolute atomic E-state index is 12.9. The zero-order valence-electron chi connectivity index (χ0n) is 13.7. The lowest BCUT2D eigenvalue weighted by molar-refractivity contribution is -0.134. The largest absolute Gasteiger partial charge is 0.396 e. The summed E-state index contributed by atoms with van der Waals surface area (Å²) in [5, 5.41) is 13.0. The normalized spacial score (nSPS) is 30.8. The fourth-order valence-corrected chi connectivity index (χ4v) is 4.86. The SMILES string of the molecule is O=C(C1CCC(CO)C1)N1CC[C@]2(C1)C(=O)Nc1cc(Cl)c(Cl)cc12. The lowest BCUT2D eigenvalue weighted by Gasteiger charge is -2.24. The Bertz CT molecular complexity index is 754. The standard InChI is InChI=1S/C18H20Cl2N2O3/c19-13-6-12-15(7-14(13)20)21-17(25)18(12)3-4-22(9-18)16(24)11-2-1-10(5-11)8-23/h6-7,10-11,23H,1-5,8-9H2,(H,21,25)/t10?,11?,18-/m1/s1. The first kappa shape index (κ1) is 17.1. The summed E-state index contributed by atoms with van der Waals surface area (Å²) in [5.74, 6) is 0.205. The number of benzene rings is 1. The van der Waals surface area contributed by atoms with Gasteiger partial charge in [-0.1, -0.05) is 23.2 Å². The van der Waals surface area contributed by atoms with Crippen LogP contribution in [-0.4, -0.2) is 41.5 Å². The predicted octanol–water partition coefficient (Wildman–Crippen LogP) is 2.82. The van der Waals surface area contributed by atoms with Crippen molar-refractivity contribution < 1.29 is 14.7 Å². The number of hydrogen-bond donors (Lipinski definition) is 2. The van der Waals surface area contributed by atoms with Crippen molar-refractivity contribution in [3.05, 3.63) is 27.7 Å². The van der Waals surface area contributed by atoms with E-state index < -0.39 is 5.41 Å². The molecule has 1 saturated carbocycles. The average Bonchev–Trinajstić information content (AvgIpc) is 3.29. The molecule has 2 unspecified atom stereocenters. The van der Waals surface area contributed by atoms with Crippen LogP contribution in [0.3, 0.4) is 0 Å². The molecule has 3 atom stereocenters. The number of halogens is 2. The summed E-state index contributed by atoms with van der Waals surface area (Å²) >= 11 is 12.2. The van der Waals surface area contributed by atoms with Crippen LogP contribution in [-0.2, 0) is 15.0 Å². The Morgan fingerprint density at radius 1 is 1.32 bits per heavy atom. The number of amides is 2. The molecule has 5 nitrogen and oxygen atoms in total. The molecule has 134 valence electrons. The van der Waals surface area contributed by atoms with Crippen molar-refractivity contribution in [3.63, 3.8) is 0 Å². The molecule has 1 aromatic carbocycles. The third-order valence-electron chi connectivity index (χ3n) is 5.99. The van der Waals surface area contributed by atoms with Crippen LogP contribution in [0.2, 0.25) is 10.0 Å². The second-order valence-electron chi connectivity index (χ2n) is 7.42. The van der Waals surface area contributed by atoms with Crippen molar-refractivity contribution in [3.8, 4) is 0 Å². The summed E-state index contributed by atoms with van der Waals surface area (Å²) in [4.78, 5) is 27.4. The Balaban J connectivity index is 1.57. The third kappa shape index (κ3) is 2.64. The van der Waals surface area contributed by atoms with Crippen LogP contribution in [0.25, 0.3) is 0 Å². The molecule has 0 radical (unpaired) electrons. The van der Waals surface area contributed by atoms with Gasteiger partial charge in [-0.3, -0.25) is 9.59 Å². The van der Waals surface area contributed by atoms with Crippen LogP contribution in [0.15, 0.2) is 12.1 Å². The van der Waals surface area contributed by atoms with Gasteiger partial charge in [0.25, 0.3) is 0 Å². The van der Waals surface area contributed by atoms with Crippen LogP contribution in [0, 0.1) is 11.8 Å². The van der Waals surface area contributed by atoms with Gasteiger partial charge < -0.3 is 15.3 Å². The zero-order valence-corrected chi connectivity index (χ0v) is 15.2. The van der Waals surface area contributed by atoms with Crippen LogP contribution >= 0.6 is 23.2 Å². The van der Waals surface area contributed by atoms with Gasteiger partial charge in [0.1, 0.15) is 0 Å². The molecule has 25 heavy (non-hydrogen) atoms. The second kappa shape index (κ2) is 6.15. The fraction of sp³-hybridized carbons (Fsp3) is 0.556. The minimum Gasteiger partial charge on any atom is -0.396 e. The fourth-order valence-electron chi connectivity index (χ4n) is 4.54. The molecule has 2 fully saturated rings. The van der Waals surface area contributed by atoms with Crippen LogP contribution < -0.4 is 5.32 Å². The zero-order chi connectivity index (χ0) is 17.8. The number of hydrogen-bond acceptors (Lipinski definition) is 3. The van der Waals surface area contributed by atoms with Crippen molar-refractivity contribution in [2.75, 3.05) is 25.0 Å². The maximum Gasteiger partial charge on any atom is 0.237 e. The molecule has 3 aliphatic rings. The highest BCUT2D eigenvalue weighted by Crippen LogP contribution is 2.47. The number of nitrogens with one attached hydrogen (secondary N) is 1. The molecule has 0 bridgehead atoms. The summed E-state index contributed by atoms with van der Waals surface area (Å²) in [5.41, 5.74) is 0.797. The van der Waals surface area contributed by atoms with E-state index in [0.29, 0.717) is 35.2 Å². The molecule has 1 saturated heterocycles. The molecule has 2 heterocycles. The lowest BCUT2D eigenvalue weighted by atomic mass is 9.81. The van der Waals surface area contributed by atoms with Gasteiger partial charge in [-0.2, -0.15) is 0 Å². The minimum atomic E-state index is -0.728. The first-order valence-electron chi connectivity index (χ1n) is 8.65. The van der Waals surface area contributed by atoms with Gasteiger partial charge in [0.15, 0.2) is 0 Å². The Kier molecular flexibility index (Phi) is 4.21. The van der Waals surface area contributed by atoms with Crippen LogP contribution in [0.5, 0.6) is 0 Å². The van der Waals surface area contributed by atoms with Crippen molar-refractivity contribution in [1.29, 1.82) is 0 Å². The Morgan fingerprint density at radius 2 is 2.08 bits per heavy atom. The Hall–Kier alpha value is -1.30. The van der Waals surface area contributed by atoms with E-state index in [-0.39, 0.29) is 30.3 Å². The van der Waals surface area contributed by atoms with Gasteiger partial charge in [0.2, 0.25) is 11.8 Å². The number of aliphatic hydroxyl groups excluding tert-OH is 1. The molecule has 0 aromatic heterocycles. The quantitative estimate of drug-likeness (QED) is 0.825. The van der Waals surface area contributed by atoms with E-state index in [1.54, 1.807) is 12.1 Å². The van der Waals surface area contributed by atoms with Gasteiger partial charge in [-0.15, -0.1) is 0 Å².